The number of rotatable bonds is 3. The molecule has 0 fully saturated rings. The van der Waals surface area contributed by atoms with Crippen molar-refractivity contribution in [3.05, 3.63) is 80.5 Å². The second-order valence-electron chi connectivity index (χ2n) is 5.06. The van der Waals surface area contributed by atoms with Crippen LogP contribution in [0.1, 0.15) is 11.1 Å². The Morgan fingerprint density at radius 1 is 1.17 bits per heavy atom. The highest BCUT2D eigenvalue weighted by molar-refractivity contribution is 6.42. The van der Waals surface area contributed by atoms with Gasteiger partial charge in [0.25, 0.3) is 0 Å². The van der Waals surface area contributed by atoms with E-state index in [4.69, 9.17) is 34.8 Å². The highest BCUT2D eigenvalue weighted by atomic mass is 35.5. The van der Waals surface area contributed by atoms with E-state index in [0.717, 1.165) is 22.4 Å². The number of halogens is 4. The molecule has 23 heavy (non-hydrogen) atoms. The summed E-state index contributed by atoms with van der Waals surface area (Å²) in [6, 6.07) is 6.61. The molecular weight excluding hydrogens is 358 g/mol. The van der Waals surface area contributed by atoms with Gasteiger partial charge < -0.3 is 5.32 Å². The van der Waals surface area contributed by atoms with E-state index in [1.54, 1.807) is 18.3 Å². The lowest BCUT2D eigenvalue weighted by Gasteiger charge is -2.19. The van der Waals surface area contributed by atoms with Gasteiger partial charge in [-0.25, -0.2) is 9.37 Å². The fourth-order valence-electron chi connectivity index (χ4n) is 2.44. The van der Waals surface area contributed by atoms with Crippen molar-refractivity contribution in [2.24, 2.45) is 0 Å². The predicted molar refractivity (Wildman–Crippen MR) is 93.4 cm³/mol. The first-order chi connectivity index (χ1) is 11.1. The van der Waals surface area contributed by atoms with E-state index in [9.17, 15) is 4.39 Å². The molecule has 0 saturated heterocycles. The van der Waals surface area contributed by atoms with Gasteiger partial charge in [0.2, 0.25) is 0 Å². The summed E-state index contributed by atoms with van der Waals surface area (Å²) in [5.41, 5.74) is 3.47. The van der Waals surface area contributed by atoms with E-state index in [0.29, 0.717) is 18.0 Å². The molecule has 0 unspecified atom stereocenters. The molecule has 6 heteroatoms. The number of pyridine rings is 1. The van der Waals surface area contributed by atoms with E-state index in [2.05, 4.69) is 10.3 Å². The van der Waals surface area contributed by atoms with Gasteiger partial charge in [-0.05, 0) is 23.8 Å². The highest BCUT2D eigenvalue weighted by Gasteiger charge is 2.16. The fraction of sp³-hybridized carbons (Fsp3) is 0.118. The summed E-state index contributed by atoms with van der Waals surface area (Å²) < 4.78 is 13.6. The number of dihydropyridines is 1. The maximum atomic E-state index is 13.6. The minimum atomic E-state index is -0.428. The predicted octanol–water partition coefficient (Wildman–Crippen LogP) is 5.29. The first-order valence-electron chi connectivity index (χ1n) is 6.94. The number of allylic oxidation sites excluding steroid dienone is 3. The summed E-state index contributed by atoms with van der Waals surface area (Å²) in [7, 11) is 0. The van der Waals surface area contributed by atoms with Gasteiger partial charge in [-0.3, -0.25) is 0 Å². The van der Waals surface area contributed by atoms with Crippen LogP contribution in [0.3, 0.4) is 0 Å². The zero-order valence-electron chi connectivity index (χ0n) is 11.9. The molecule has 1 N–H and O–H groups in total. The minimum absolute atomic E-state index is 0.114. The van der Waals surface area contributed by atoms with E-state index >= 15 is 0 Å². The molecule has 2 aromatic rings. The summed E-state index contributed by atoms with van der Waals surface area (Å²) in [6.45, 7) is 0.700. The largest absolute Gasteiger partial charge is 0.384 e. The Labute approximate surface area is 148 Å². The molecule has 3 rings (SSSR count). The molecule has 2 heterocycles. The van der Waals surface area contributed by atoms with Crippen molar-refractivity contribution >= 4 is 40.4 Å². The van der Waals surface area contributed by atoms with Gasteiger partial charge in [-0.15, -0.1) is 0 Å². The quantitative estimate of drug-likeness (QED) is 0.743. The second-order valence-corrected chi connectivity index (χ2v) is 6.21. The lowest BCUT2D eigenvalue weighted by Crippen LogP contribution is -2.20. The maximum absolute atomic E-state index is 13.6. The Hall–Kier alpha value is -1.55. The zero-order valence-corrected chi connectivity index (χ0v) is 14.2. The van der Waals surface area contributed by atoms with Gasteiger partial charge in [0, 0.05) is 36.0 Å². The van der Waals surface area contributed by atoms with Crippen molar-refractivity contribution in [1.82, 2.24) is 10.3 Å². The molecule has 1 aliphatic rings. The molecular formula is C17H12Cl3FN2. The molecule has 0 saturated carbocycles. The maximum Gasteiger partial charge on any atom is 0.148 e. The second kappa shape index (κ2) is 6.91. The molecule has 1 aromatic carbocycles. The SMILES string of the molecule is Fc1cc(CC2=C(c3ccnc(Cl)c3Cl)C=CCN2)ccc1Cl. The van der Waals surface area contributed by atoms with Crippen LogP contribution in [0.4, 0.5) is 4.39 Å². The zero-order chi connectivity index (χ0) is 16.4. The number of benzene rings is 1. The van der Waals surface area contributed by atoms with Crippen molar-refractivity contribution in [3.63, 3.8) is 0 Å². The number of hydrogen-bond acceptors (Lipinski definition) is 2. The van der Waals surface area contributed by atoms with E-state index in [1.165, 1.54) is 6.07 Å². The molecule has 2 nitrogen and oxygen atoms in total. The van der Waals surface area contributed by atoms with Gasteiger partial charge in [0.05, 0.1) is 10.0 Å². The molecule has 0 amide bonds. The smallest absolute Gasteiger partial charge is 0.148 e. The van der Waals surface area contributed by atoms with Crippen LogP contribution in [-0.2, 0) is 6.42 Å². The van der Waals surface area contributed by atoms with Crippen molar-refractivity contribution in [1.29, 1.82) is 0 Å². The lowest BCUT2D eigenvalue weighted by atomic mass is 9.98. The lowest BCUT2D eigenvalue weighted by molar-refractivity contribution is 0.626. The molecule has 0 radical (unpaired) electrons. The number of nitrogens with zero attached hydrogens (tertiary/aromatic N) is 1. The van der Waals surface area contributed by atoms with Crippen molar-refractivity contribution in [3.8, 4) is 0 Å². The van der Waals surface area contributed by atoms with Crippen LogP contribution in [0.25, 0.3) is 5.57 Å². The monoisotopic (exact) mass is 368 g/mol. The molecule has 0 spiro atoms. The molecule has 0 bridgehead atoms. The normalized spacial score (nSPS) is 14.1. The summed E-state index contributed by atoms with van der Waals surface area (Å²) in [4.78, 5) is 3.97. The van der Waals surface area contributed by atoms with Crippen LogP contribution in [0.2, 0.25) is 15.2 Å². The van der Waals surface area contributed by atoms with Crippen LogP contribution >= 0.6 is 34.8 Å². The minimum Gasteiger partial charge on any atom is -0.384 e. The fourth-order valence-corrected chi connectivity index (χ4v) is 2.93. The first-order valence-corrected chi connectivity index (χ1v) is 8.07. The number of aromatic nitrogens is 1. The van der Waals surface area contributed by atoms with Crippen LogP contribution < -0.4 is 5.32 Å². The Morgan fingerprint density at radius 2 is 2.00 bits per heavy atom. The van der Waals surface area contributed by atoms with Gasteiger partial charge in [0.1, 0.15) is 11.0 Å². The van der Waals surface area contributed by atoms with Crippen LogP contribution in [0.5, 0.6) is 0 Å². The van der Waals surface area contributed by atoms with Gasteiger partial charge in [0.15, 0.2) is 0 Å². The van der Waals surface area contributed by atoms with Gasteiger partial charge in [-0.2, -0.15) is 0 Å². The van der Waals surface area contributed by atoms with Crippen molar-refractivity contribution in [2.45, 2.75) is 6.42 Å². The van der Waals surface area contributed by atoms with Gasteiger partial charge >= 0.3 is 0 Å². The van der Waals surface area contributed by atoms with Crippen LogP contribution in [-0.4, -0.2) is 11.5 Å². The Kier molecular flexibility index (Phi) is 4.90. The molecule has 118 valence electrons. The highest BCUT2D eigenvalue weighted by Crippen LogP contribution is 2.32. The number of hydrogen-bond donors (Lipinski definition) is 1. The third kappa shape index (κ3) is 3.52. The average Bonchev–Trinajstić information content (AvgIpc) is 2.54. The first kappa shape index (κ1) is 16.3. The summed E-state index contributed by atoms with van der Waals surface area (Å²) in [5, 5.41) is 4.08. The molecule has 1 aromatic heterocycles. The molecule has 0 atom stereocenters. The third-order valence-corrected chi connectivity index (χ3v) is 4.62. The van der Waals surface area contributed by atoms with E-state index < -0.39 is 5.82 Å². The average molecular weight is 370 g/mol. The summed E-state index contributed by atoms with van der Waals surface area (Å²) in [5.74, 6) is -0.428. The third-order valence-electron chi connectivity index (χ3n) is 3.54. The molecule has 1 aliphatic heterocycles. The van der Waals surface area contributed by atoms with E-state index in [1.807, 2.05) is 18.2 Å². The number of nitrogens with one attached hydrogen (secondary N) is 1. The van der Waals surface area contributed by atoms with Crippen LogP contribution in [0.15, 0.2) is 48.3 Å². The van der Waals surface area contributed by atoms with Crippen molar-refractivity contribution < 1.29 is 4.39 Å². The Balaban J connectivity index is 2.02. The van der Waals surface area contributed by atoms with Crippen molar-refractivity contribution in [2.75, 3.05) is 6.54 Å². The summed E-state index contributed by atoms with van der Waals surface area (Å²) >= 11 is 18.0. The standard InChI is InChI=1S/C17H12Cl3FN2/c18-13-4-3-10(8-14(13)21)9-15-11(2-1-6-22-15)12-5-7-23-17(20)16(12)19/h1-5,7-8,22H,6,9H2. The Morgan fingerprint density at radius 3 is 2.78 bits per heavy atom. The molecule has 0 aliphatic carbocycles. The Bertz CT molecular complexity index is 815. The van der Waals surface area contributed by atoms with Crippen LogP contribution in [0, 0.1) is 5.82 Å². The van der Waals surface area contributed by atoms with E-state index in [-0.39, 0.29) is 10.2 Å². The van der Waals surface area contributed by atoms with Gasteiger partial charge in [-0.1, -0.05) is 53.0 Å². The summed E-state index contributed by atoms with van der Waals surface area (Å²) in [6.07, 6.45) is 6.12. The topological polar surface area (TPSA) is 24.9 Å².